The Hall–Kier alpha value is -1.54. The molecule has 1 atom stereocenters. The van der Waals surface area contributed by atoms with Gasteiger partial charge >= 0.3 is 0 Å². The molecule has 0 spiro atoms. The van der Waals surface area contributed by atoms with Gasteiger partial charge in [-0.1, -0.05) is 44.2 Å². The standard InChI is InChI=1S/C16H22N2/c1-12(2)9-15(17)11-18-16-8-7-13-5-3-4-6-14(13)10-16/h3-8,10,12,15,18H,9,11,17H2,1-2H3. The molecule has 2 aromatic rings. The van der Waals surface area contributed by atoms with Crippen LogP contribution in [0.4, 0.5) is 5.69 Å². The zero-order valence-corrected chi connectivity index (χ0v) is 11.2. The lowest BCUT2D eigenvalue weighted by atomic mass is 10.0. The van der Waals surface area contributed by atoms with E-state index in [0.717, 1.165) is 18.7 Å². The molecule has 0 aliphatic heterocycles. The fourth-order valence-corrected chi connectivity index (χ4v) is 2.24. The van der Waals surface area contributed by atoms with Gasteiger partial charge in [0, 0.05) is 18.3 Å². The highest BCUT2D eigenvalue weighted by molar-refractivity contribution is 5.85. The summed E-state index contributed by atoms with van der Waals surface area (Å²) in [4.78, 5) is 0. The molecule has 96 valence electrons. The minimum Gasteiger partial charge on any atom is -0.383 e. The summed E-state index contributed by atoms with van der Waals surface area (Å²) in [6.07, 6.45) is 1.06. The van der Waals surface area contributed by atoms with E-state index in [-0.39, 0.29) is 6.04 Å². The van der Waals surface area contributed by atoms with Crippen LogP contribution in [0, 0.1) is 5.92 Å². The number of nitrogens with one attached hydrogen (secondary N) is 1. The Morgan fingerprint density at radius 2 is 1.78 bits per heavy atom. The molecule has 2 aromatic carbocycles. The summed E-state index contributed by atoms with van der Waals surface area (Å²) in [6.45, 7) is 5.24. The lowest BCUT2D eigenvalue weighted by Gasteiger charge is -2.15. The molecule has 2 heteroatoms. The maximum atomic E-state index is 6.07. The lowest BCUT2D eigenvalue weighted by Crippen LogP contribution is -2.30. The predicted molar refractivity (Wildman–Crippen MR) is 79.9 cm³/mol. The van der Waals surface area contributed by atoms with Crippen molar-refractivity contribution in [2.75, 3.05) is 11.9 Å². The third-order valence-electron chi connectivity index (χ3n) is 3.09. The fourth-order valence-electron chi connectivity index (χ4n) is 2.24. The smallest absolute Gasteiger partial charge is 0.0347 e. The van der Waals surface area contributed by atoms with Crippen LogP contribution in [0.2, 0.25) is 0 Å². The van der Waals surface area contributed by atoms with Crippen molar-refractivity contribution in [3.63, 3.8) is 0 Å². The quantitative estimate of drug-likeness (QED) is 0.840. The van der Waals surface area contributed by atoms with E-state index in [1.54, 1.807) is 0 Å². The summed E-state index contributed by atoms with van der Waals surface area (Å²) in [5.41, 5.74) is 7.22. The van der Waals surface area contributed by atoms with Crippen molar-refractivity contribution in [2.45, 2.75) is 26.3 Å². The average molecular weight is 242 g/mol. The second-order valence-electron chi connectivity index (χ2n) is 5.33. The molecular formula is C16H22N2. The van der Waals surface area contributed by atoms with Gasteiger partial charge in [0.25, 0.3) is 0 Å². The number of nitrogens with two attached hydrogens (primary N) is 1. The highest BCUT2D eigenvalue weighted by atomic mass is 14.9. The van der Waals surface area contributed by atoms with Crippen molar-refractivity contribution in [1.82, 2.24) is 0 Å². The number of hydrogen-bond donors (Lipinski definition) is 2. The molecule has 0 bridgehead atoms. The van der Waals surface area contributed by atoms with Crippen LogP contribution in [0.3, 0.4) is 0 Å². The van der Waals surface area contributed by atoms with Gasteiger partial charge in [-0.2, -0.15) is 0 Å². The third-order valence-corrected chi connectivity index (χ3v) is 3.09. The van der Waals surface area contributed by atoms with Crippen LogP contribution < -0.4 is 11.1 Å². The summed E-state index contributed by atoms with van der Waals surface area (Å²) >= 11 is 0. The number of fused-ring (bicyclic) bond motifs is 1. The first-order chi connectivity index (χ1) is 8.65. The van der Waals surface area contributed by atoms with E-state index in [1.807, 2.05) is 0 Å². The van der Waals surface area contributed by atoms with E-state index in [2.05, 4.69) is 61.6 Å². The number of hydrogen-bond acceptors (Lipinski definition) is 2. The highest BCUT2D eigenvalue weighted by Crippen LogP contribution is 2.18. The van der Waals surface area contributed by atoms with Gasteiger partial charge in [0.1, 0.15) is 0 Å². The van der Waals surface area contributed by atoms with Crippen LogP contribution in [-0.4, -0.2) is 12.6 Å². The van der Waals surface area contributed by atoms with E-state index >= 15 is 0 Å². The van der Waals surface area contributed by atoms with E-state index in [0.29, 0.717) is 5.92 Å². The van der Waals surface area contributed by atoms with Gasteiger partial charge in [0.2, 0.25) is 0 Å². The lowest BCUT2D eigenvalue weighted by molar-refractivity contribution is 0.508. The minimum absolute atomic E-state index is 0.219. The molecule has 2 nitrogen and oxygen atoms in total. The predicted octanol–water partition coefficient (Wildman–Crippen LogP) is 3.63. The van der Waals surface area contributed by atoms with Crippen molar-refractivity contribution in [3.05, 3.63) is 42.5 Å². The number of anilines is 1. The Balaban J connectivity index is 1.99. The van der Waals surface area contributed by atoms with Gasteiger partial charge in [0.05, 0.1) is 0 Å². The maximum Gasteiger partial charge on any atom is 0.0347 e. The van der Waals surface area contributed by atoms with Crippen molar-refractivity contribution in [3.8, 4) is 0 Å². The van der Waals surface area contributed by atoms with Crippen molar-refractivity contribution >= 4 is 16.5 Å². The second kappa shape index (κ2) is 5.87. The van der Waals surface area contributed by atoms with Crippen LogP contribution >= 0.6 is 0 Å². The molecule has 0 saturated heterocycles. The zero-order chi connectivity index (χ0) is 13.0. The van der Waals surface area contributed by atoms with Crippen LogP contribution in [0.15, 0.2) is 42.5 Å². The molecule has 0 saturated carbocycles. The topological polar surface area (TPSA) is 38.0 Å². The van der Waals surface area contributed by atoms with Crippen LogP contribution in [0.5, 0.6) is 0 Å². The van der Waals surface area contributed by atoms with Crippen LogP contribution in [0.1, 0.15) is 20.3 Å². The van der Waals surface area contributed by atoms with Gasteiger partial charge in [0.15, 0.2) is 0 Å². The first-order valence-corrected chi connectivity index (χ1v) is 6.63. The molecular weight excluding hydrogens is 220 g/mol. The molecule has 0 aromatic heterocycles. The maximum absolute atomic E-state index is 6.07. The largest absolute Gasteiger partial charge is 0.383 e. The van der Waals surface area contributed by atoms with E-state index in [4.69, 9.17) is 5.73 Å². The summed E-state index contributed by atoms with van der Waals surface area (Å²) in [6, 6.07) is 15.0. The molecule has 0 fully saturated rings. The zero-order valence-electron chi connectivity index (χ0n) is 11.2. The number of benzene rings is 2. The number of rotatable bonds is 5. The Morgan fingerprint density at radius 1 is 1.06 bits per heavy atom. The Labute approximate surface area is 109 Å². The van der Waals surface area contributed by atoms with Crippen molar-refractivity contribution < 1.29 is 0 Å². The summed E-state index contributed by atoms with van der Waals surface area (Å²) in [5.74, 6) is 0.651. The first-order valence-electron chi connectivity index (χ1n) is 6.63. The first kappa shape index (κ1) is 12.9. The average Bonchev–Trinajstić information content (AvgIpc) is 2.35. The van der Waals surface area contributed by atoms with E-state index < -0.39 is 0 Å². The molecule has 0 aliphatic carbocycles. The van der Waals surface area contributed by atoms with E-state index in [1.165, 1.54) is 10.8 Å². The molecule has 0 amide bonds. The molecule has 0 radical (unpaired) electrons. The Kier molecular flexibility index (Phi) is 4.21. The third kappa shape index (κ3) is 3.47. The molecule has 0 heterocycles. The Bertz CT molecular complexity index is 505. The second-order valence-corrected chi connectivity index (χ2v) is 5.33. The molecule has 1 unspecified atom stereocenters. The minimum atomic E-state index is 0.219. The van der Waals surface area contributed by atoms with Gasteiger partial charge in [-0.15, -0.1) is 0 Å². The van der Waals surface area contributed by atoms with Crippen molar-refractivity contribution in [1.29, 1.82) is 0 Å². The molecule has 0 aliphatic rings. The summed E-state index contributed by atoms with van der Waals surface area (Å²) in [5, 5.41) is 5.95. The highest BCUT2D eigenvalue weighted by Gasteiger charge is 2.05. The fraction of sp³-hybridized carbons (Fsp3) is 0.375. The van der Waals surface area contributed by atoms with Gasteiger partial charge in [-0.25, -0.2) is 0 Å². The monoisotopic (exact) mass is 242 g/mol. The molecule has 2 rings (SSSR count). The van der Waals surface area contributed by atoms with Gasteiger partial charge < -0.3 is 11.1 Å². The van der Waals surface area contributed by atoms with Gasteiger partial charge in [-0.05, 0) is 35.2 Å². The van der Waals surface area contributed by atoms with Gasteiger partial charge in [-0.3, -0.25) is 0 Å². The Morgan fingerprint density at radius 3 is 2.50 bits per heavy atom. The SMILES string of the molecule is CC(C)CC(N)CNc1ccc2ccccc2c1. The molecule has 3 N–H and O–H groups in total. The summed E-state index contributed by atoms with van der Waals surface area (Å²) in [7, 11) is 0. The normalized spacial score (nSPS) is 12.9. The van der Waals surface area contributed by atoms with Crippen LogP contribution in [-0.2, 0) is 0 Å². The summed E-state index contributed by atoms with van der Waals surface area (Å²) < 4.78 is 0. The van der Waals surface area contributed by atoms with Crippen molar-refractivity contribution in [2.24, 2.45) is 11.7 Å². The van der Waals surface area contributed by atoms with Crippen LogP contribution in [0.25, 0.3) is 10.8 Å². The molecule has 18 heavy (non-hydrogen) atoms. The van der Waals surface area contributed by atoms with E-state index in [9.17, 15) is 0 Å².